The highest BCUT2D eigenvalue weighted by molar-refractivity contribution is 5.93. The molecule has 0 aliphatic heterocycles. The molecule has 0 radical (unpaired) electrons. The number of benzene rings is 2. The van der Waals surface area contributed by atoms with Gasteiger partial charge in [-0.15, -0.1) is 0 Å². The van der Waals surface area contributed by atoms with Crippen molar-refractivity contribution in [1.82, 2.24) is 0 Å². The quantitative estimate of drug-likeness (QED) is 0.624. The van der Waals surface area contributed by atoms with E-state index in [0.717, 1.165) is 10.9 Å². The zero-order valence-electron chi connectivity index (χ0n) is 8.20. The van der Waals surface area contributed by atoms with E-state index in [1.807, 2.05) is 32.0 Å². The van der Waals surface area contributed by atoms with E-state index in [9.17, 15) is 10.2 Å². The molecular weight excluding hydrogens is 176 g/mol. The van der Waals surface area contributed by atoms with Gasteiger partial charge in [0.25, 0.3) is 0 Å². The molecular formula is C12H12O2. The Kier molecular flexibility index (Phi) is 1.84. The van der Waals surface area contributed by atoms with E-state index < -0.39 is 0 Å². The molecule has 0 aromatic heterocycles. The smallest absolute Gasteiger partial charge is 0.165 e. The molecule has 0 saturated carbocycles. The number of phenols is 2. The molecule has 0 saturated heterocycles. The molecule has 0 aliphatic rings. The van der Waals surface area contributed by atoms with Crippen LogP contribution in [-0.4, -0.2) is 10.2 Å². The molecule has 0 heterocycles. The van der Waals surface area contributed by atoms with Gasteiger partial charge in [-0.3, -0.25) is 0 Å². The Morgan fingerprint density at radius 2 is 1.50 bits per heavy atom. The van der Waals surface area contributed by atoms with Crippen molar-refractivity contribution in [3.63, 3.8) is 0 Å². The summed E-state index contributed by atoms with van der Waals surface area (Å²) in [6, 6.07) is 7.11. The van der Waals surface area contributed by atoms with E-state index in [1.54, 1.807) is 0 Å². The minimum absolute atomic E-state index is 0.0365. The zero-order valence-corrected chi connectivity index (χ0v) is 8.20. The number of fused-ring (bicyclic) bond motifs is 1. The van der Waals surface area contributed by atoms with Crippen molar-refractivity contribution in [2.75, 3.05) is 0 Å². The lowest BCUT2D eigenvalue weighted by molar-refractivity contribution is 0.408. The molecule has 2 rings (SSSR count). The van der Waals surface area contributed by atoms with Crippen molar-refractivity contribution in [3.8, 4) is 11.5 Å². The van der Waals surface area contributed by atoms with E-state index >= 15 is 0 Å². The Morgan fingerprint density at radius 1 is 0.857 bits per heavy atom. The summed E-state index contributed by atoms with van der Waals surface area (Å²) in [4.78, 5) is 0. The van der Waals surface area contributed by atoms with E-state index in [2.05, 4.69) is 0 Å². The second-order valence-corrected chi connectivity index (χ2v) is 3.54. The Morgan fingerprint density at radius 3 is 2.21 bits per heavy atom. The van der Waals surface area contributed by atoms with Crippen molar-refractivity contribution >= 4 is 10.8 Å². The first kappa shape index (κ1) is 8.88. The SMILES string of the molecule is Cc1ccc2c(O)c(O)ccc2c1C. The fourth-order valence-electron chi connectivity index (χ4n) is 1.64. The fraction of sp³-hybridized carbons (Fsp3) is 0.167. The molecule has 2 nitrogen and oxygen atoms in total. The van der Waals surface area contributed by atoms with Crippen LogP contribution in [-0.2, 0) is 0 Å². The number of aromatic hydroxyl groups is 2. The van der Waals surface area contributed by atoms with Crippen LogP contribution in [0.15, 0.2) is 24.3 Å². The molecule has 0 atom stereocenters. The van der Waals surface area contributed by atoms with Crippen LogP contribution in [0.2, 0.25) is 0 Å². The highest BCUT2D eigenvalue weighted by Crippen LogP contribution is 2.35. The summed E-state index contributed by atoms with van der Waals surface area (Å²) < 4.78 is 0. The van der Waals surface area contributed by atoms with Gasteiger partial charge in [-0.1, -0.05) is 18.2 Å². The lowest BCUT2D eigenvalue weighted by Gasteiger charge is -2.07. The van der Waals surface area contributed by atoms with E-state index in [-0.39, 0.29) is 11.5 Å². The largest absolute Gasteiger partial charge is 0.504 e. The fourth-order valence-corrected chi connectivity index (χ4v) is 1.64. The van der Waals surface area contributed by atoms with Crippen LogP contribution in [0.5, 0.6) is 11.5 Å². The Labute approximate surface area is 82.4 Å². The maximum atomic E-state index is 9.62. The molecule has 0 amide bonds. The van der Waals surface area contributed by atoms with Crippen LogP contribution >= 0.6 is 0 Å². The van der Waals surface area contributed by atoms with Crippen molar-refractivity contribution in [1.29, 1.82) is 0 Å². The minimum atomic E-state index is -0.0687. The van der Waals surface area contributed by atoms with Gasteiger partial charge in [0.05, 0.1) is 0 Å². The lowest BCUT2D eigenvalue weighted by Crippen LogP contribution is -1.84. The van der Waals surface area contributed by atoms with E-state index in [1.165, 1.54) is 11.6 Å². The van der Waals surface area contributed by atoms with Crippen LogP contribution < -0.4 is 0 Å². The lowest BCUT2D eigenvalue weighted by atomic mass is 10.0. The predicted octanol–water partition coefficient (Wildman–Crippen LogP) is 2.87. The Bertz CT molecular complexity index is 454. The van der Waals surface area contributed by atoms with Gasteiger partial charge in [-0.05, 0) is 36.4 Å². The van der Waals surface area contributed by atoms with E-state index in [0.29, 0.717) is 5.39 Å². The molecule has 2 aromatic carbocycles. The molecule has 14 heavy (non-hydrogen) atoms. The van der Waals surface area contributed by atoms with E-state index in [4.69, 9.17) is 0 Å². The first-order valence-corrected chi connectivity index (χ1v) is 4.52. The third kappa shape index (κ3) is 1.11. The summed E-state index contributed by atoms with van der Waals surface area (Å²) in [6.45, 7) is 4.03. The van der Waals surface area contributed by atoms with Crippen LogP contribution in [0.25, 0.3) is 10.8 Å². The maximum absolute atomic E-state index is 9.62. The number of rotatable bonds is 0. The number of phenolic OH excluding ortho intramolecular Hbond substituents is 2. The normalized spacial score (nSPS) is 10.7. The van der Waals surface area contributed by atoms with Gasteiger partial charge >= 0.3 is 0 Å². The number of hydrogen-bond donors (Lipinski definition) is 2. The van der Waals surface area contributed by atoms with Crippen molar-refractivity contribution < 1.29 is 10.2 Å². The topological polar surface area (TPSA) is 40.5 Å². The van der Waals surface area contributed by atoms with Gasteiger partial charge in [-0.25, -0.2) is 0 Å². The summed E-state index contributed by atoms with van der Waals surface area (Å²) in [5.41, 5.74) is 2.32. The Hall–Kier alpha value is -1.70. The van der Waals surface area contributed by atoms with Crippen LogP contribution in [0, 0.1) is 13.8 Å². The third-order valence-electron chi connectivity index (χ3n) is 2.69. The first-order chi connectivity index (χ1) is 6.61. The zero-order chi connectivity index (χ0) is 10.3. The molecule has 72 valence electrons. The van der Waals surface area contributed by atoms with Gasteiger partial charge < -0.3 is 10.2 Å². The van der Waals surface area contributed by atoms with Crippen molar-refractivity contribution in [3.05, 3.63) is 35.4 Å². The number of aryl methyl sites for hydroxylation is 2. The average Bonchev–Trinajstić information content (AvgIpc) is 2.17. The molecule has 0 fully saturated rings. The molecule has 2 heteroatoms. The second kappa shape index (κ2) is 2.91. The molecule has 0 unspecified atom stereocenters. The van der Waals surface area contributed by atoms with Crippen molar-refractivity contribution in [2.45, 2.75) is 13.8 Å². The Balaban J connectivity index is 2.94. The number of hydrogen-bond acceptors (Lipinski definition) is 2. The average molecular weight is 188 g/mol. The van der Waals surface area contributed by atoms with Crippen LogP contribution in [0.1, 0.15) is 11.1 Å². The monoisotopic (exact) mass is 188 g/mol. The summed E-state index contributed by atoms with van der Waals surface area (Å²) in [5.74, 6) is -0.105. The predicted molar refractivity (Wildman–Crippen MR) is 56.8 cm³/mol. The highest BCUT2D eigenvalue weighted by atomic mass is 16.3. The van der Waals surface area contributed by atoms with Gasteiger partial charge in [0, 0.05) is 5.39 Å². The second-order valence-electron chi connectivity index (χ2n) is 3.54. The first-order valence-electron chi connectivity index (χ1n) is 4.52. The van der Waals surface area contributed by atoms with Gasteiger partial charge in [0.15, 0.2) is 11.5 Å². The van der Waals surface area contributed by atoms with Gasteiger partial charge in [-0.2, -0.15) is 0 Å². The van der Waals surface area contributed by atoms with Gasteiger partial charge in [0.2, 0.25) is 0 Å². The highest BCUT2D eigenvalue weighted by Gasteiger charge is 2.07. The third-order valence-corrected chi connectivity index (χ3v) is 2.69. The maximum Gasteiger partial charge on any atom is 0.165 e. The summed E-state index contributed by atoms with van der Waals surface area (Å²) >= 11 is 0. The van der Waals surface area contributed by atoms with Crippen molar-refractivity contribution in [2.24, 2.45) is 0 Å². The summed E-state index contributed by atoms with van der Waals surface area (Å²) in [7, 11) is 0. The summed E-state index contributed by atoms with van der Waals surface area (Å²) in [6.07, 6.45) is 0. The minimum Gasteiger partial charge on any atom is -0.504 e. The standard InChI is InChI=1S/C12H12O2/c1-7-3-4-10-9(8(7)2)5-6-11(13)12(10)14/h3-6,13-14H,1-2H3. The molecule has 0 bridgehead atoms. The molecule has 2 N–H and O–H groups in total. The van der Waals surface area contributed by atoms with Crippen LogP contribution in [0.3, 0.4) is 0 Å². The van der Waals surface area contributed by atoms with Crippen LogP contribution in [0.4, 0.5) is 0 Å². The molecule has 2 aromatic rings. The summed E-state index contributed by atoms with van der Waals surface area (Å²) in [5, 5.41) is 20.6. The molecule has 0 spiro atoms. The molecule has 0 aliphatic carbocycles. The van der Waals surface area contributed by atoms with Gasteiger partial charge in [0.1, 0.15) is 0 Å².